The molecule has 0 aromatic heterocycles. The second kappa shape index (κ2) is 20.6. The van der Waals surface area contributed by atoms with Gasteiger partial charge in [-0.15, -0.1) is 0 Å². The number of aliphatic hydroxyl groups excluding tert-OH is 1. The summed E-state index contributed by atoms with van der Waals surface area (Å²) in [5.74, 6) is 7.05. The highest BCUT2D eigenvalue weighted by molar-refractivity contribution is 8.04. The Morgan fingerprint density at radius 2 is 1.27 bits per heavy atom. The van der Waals surface area contributed by atoms with Gasteiger partial charge >= 0.3 is 0 Å². The lowest BCUT2D eigenvalue weighted by Gasteiger charge is -2.26. The van der Waals surface area contributed by atoms with Crippen LogP contribution in [0.3, 0.4) is 0 Å². The molecular formula is C40H54N3O2S3+. The number of Topliss-reactive ketones (excluding diaryl/α,β-unsaturated/α-hetero) is 1. The van der Waals surface area contributed by atoms with Crippen molar-refractivity contribution in [2.24, 2.45) is 0 Å². The molecule has 4 rings (SSSR count). The maximum atomic E-state index is 13.2. The van der Waals surface area contributed by atoms with Crippen LogP contribution in [0.5, 0.6) is 0 Å². The minimum atomic E-state index is -0.0845. The molecule has 2 aliphatic rings. The number of benzene rings is 2. The van der Waals surface area contributed by atoms with E-state index in [-0.39, 0.29) is 11.5 Å². The molecule has 0 spiro atoms. The Bertz CT molecular complexity index is 1450. The van der Waals surface area contributed by atoms with Gasteiger partial charge in [0.05, 0.1) is 16.9 Å². The van der Waals surface area contributed by atoms with Crippen LogP contribution in [0.15, 0.2) is 95.8 Å². The van der Waals surface area contributed by atoms with Crippen LogP contribution in [-0.2, 0) is 4.79 Å². The molecule has 0 heterocycles. The zero-order chi connectivity index (χ0) is 34.1. The smallest absolute Gasteiger partial charge is 0.201 e. The number of nitrogens with zero attached hydrogens (tertiary/aromatic N) is 3. The van der Waals surface area contributed by atoms with Crippen LogP contribution < -0.4 is 9.80 Å². The Morgan fingerprint density at radius 1 is 0.688 bits per heavy atom. The van der Waals surface area contributed by atoms with Crippen LogP contribution in [0, 0.1) is 0 Å². The number of ketones is 1. The minimum absolute atomic E-state index is 0.0845. The van der Waals surface area contributed by atoms with Gasteiger partial charge in [0.2, 0.25) is 5.78 Å². The molecule has 0 atom stereocenters. The number of rotatable bonds is 21. The molecule has 0 radical (unpaired) electrons. The third-order valence-corrected chi connectivity index (χ3v) is 12.1. The van der Waals surface area contributed by atoms with E-state index < -0.39 is 0 Å². The standard InChI is InChI=1S/C40H53N3O2S3/c1-5-7-22-43(23-8-6-2)36-20-16-33(17-21-36)38-39(44)37(40(38)45)32-14-18-35(19-15-32)42(4)25-27-47-29-31-48-30-28-46-26-24-41(3)34-12-10-9-11-13-34/h9-21H,5-8,22-31H2,1-4H3/p+1. The zero-order valence-electron chi connectivity index (χ0n) is 29.3. The van der Waals surface area contributed by atoms with Gasteiger partial charge in [0.15, 0.2) is 12.3 Å². The van der Waals surface area contributed by atoms with Crippen molar-refractivity contribution in [3.63, 3.8) is 0 Å². The lowest BCUT2D eigenvalue weighted by molar-refractivity contribution is -0.490. The summed E-state index contributed by atoms with van der Waals surface area (Å²) in [7, 11) is 4.28. The number of anilines is 2. The molecule has 258 valence electrons. The van der Waals surface area contributed by atoms with Crippen LogP contribution in [0.1, 0.15) is 45.1 Å². The summed E-state index contributed by atoms with van der Waals surface area (Å²) in [5.41, 5.74) is 5.97. The maximum absolute atomic E-state index is 13.2. The largest absolute Gasteiger partial charge is 0.506 e. The van der Waals surface area contributed by atoms with E-state index in [2.05, 4.69) is 96.5 Å². The van der Waals surface area contributed by atoms with Crippen molar-refractivity contribution in [3.05, 3.63) is 101 Å². The Balaban J connectivity index is 1.16. The first kappa shape index (κ1) is 38.0. The molecule has 2 aromatic carbocycles. The van der Waals surface area contributed by atoms with E-state index in [4.69, 9.17) is 0 Å². The second-order valence-corrected chi connectivity index (χ2v) is 15.9. The molecule has 0 fully saturated rings. The summed E-state index contributed by atoms with van der Waals surface area (Å²) >= 11 is 6.11. The number of carbonyl (C=O) groups excluding carboxylic acids is 1. The molecule has 0 saturated heterocycles. The summed E-state index contributed by atoms with van der Waals surface area (Å²) in [6.45, 7) is 8.56. The fourth-order valence-electron chi connectivity index (χ4n) is 5.61. The van der Waals surface area contributed by atoms with E-state index in [0.717, 1.165) is 67.4 Å². The minimum Gasteiger partial charge on any atom is -0.506 e. The highest BCUT2D eigenvalue weighted by atomic mass is 32.2. The molecule has 0 unspecified atom stereocenters. The van der Waals surface area contributed by atoms with Crippen LogP contribution in [-0.4, -0.2) is 96.0 Å². The third kappa shape index (κ3) is 11.1. The van der Waals surface area contributed by atoms with Crippen molar-refractivity contribution in [1.29, 1.82) is 0 Å². The number of unbranched alkanes of at least 4 members (excludes halogenated alkanes) is 2. The number of thioether (sulfide) groups is 3. The summed E-state index contributed by atoms with van der Waals surface area (Å²) < 4.78 is 2.26. The Kier molecular flexibility index (Phi) is 16.3. The van der Waals surface area contributed by atoms with Gasteiger partial charge in [0, 0.05) is 79.0 Å². The predicted octanol–water partition coefficient (Wildman–Crippen LogP) is 8.79. The van der Waals surface area contributed by atoms with E-state index in [9.17, 15) is 9.90 Å². The number of hydrogen-bond acceptors (Lipinski definition) is 7. The zero-order valence-corrected chi connectivity index (χ0v) is 31.8. The van der Waals surface area contributed by atoms with Gasteiger partial charge in [-0.05, 0) is 60.4 Å². The highest BCUT2D eigenvalue weighted by Gasteiger charge is 2.36. The molecule has 0 bridgehead atoms. The first-order chi connectivity index (χ1) is 23.4. The Morgan fingerprint density at radius 3 is 1.85 bits per heavy atom. The molecule has 0 aliphatic heterocycles. The van der Waals surface area contributed by atoms with E-state index in [1.807, 2.05) is 60.0 Å². The molecule has 48 heavy (non-hydrogen) atoms. The maximum Gasteiger partial charge on any atom is 0.201 e. The van der Waals surface area contributed by atoms with Gasteiger partial charge < -0.3 is 14.9 Å². The third-order valence-electron chi connectivity index (χ3n) is 8.69. The molecule has 0 saturated carbocycles. The number of allylic oxidation sites excluding steroid dienone is 7. The molecule has 5 nitrogen and oxygen atoms in total. The van der Waals surface area contributed by atoms with Crippen molar-refractivity contribution >= 4 is 63.7 Å². The number of carbonyl (C=O) groups is 1. The van der Waals surface area contributed by atoms with Crippen molar-refractivity contribution in [1.82, 2.24) is 0 Å². The Hall–Kier alpha value is -2.81. The van der Waals surface area contributed by atoms with Crippen molar-refractivity contribution < 1.29 is 14.5 Å². The highest BCUT2D eigenvalue weighted by Crippen LogP contribution is 2.39. The van der Waals surface area contributed by atoms with Crippen LogP contribution in [0.2, 0.25) is 0 Å². The monoisotopic (exact) mass is 704 g/mol. The first-order valence-corrected chi connectivity index (χ1v) is 20.9. The average molecular weight is 705 g/mol. The van der Waals surface area contributed by atoms with Crippen LogP contribution in [0.25, 0.3) is 5.57 Å². The summed E-state index contributed by atoms with van der Waals surface area (Å²) in [6, 6.07) is 18.7. The van der Waals surface area contributed by atoms with Gasteiger partial charge in [-0.2, -0.15) is 35.3 Å². The van der Waals surface area contributed by atoms with Gasteiger partial charge in [-0.3, -0.25) is 4.79 Å². The van der Waals surface area contributed by atoms with Crippen molar-refractivity contribution in [3.8, 4) is 0 Å². The van der Waals surface area contributed by atoms with Gasteiger partial charge in [-0.25, -0.2) is 4.58 Å². The summed E-state index contributed by atoms with van der Waals surface area (Å²) in [5, 5.41) is 10.9. The van der Waals surface area contributed by atoms with Crippen LogP contribution >= 0.6 is 35.3 Å². The number of aliphatic hydroxyl groups is 1. The van der Waals surface area contributed by atoms with Gasteiger partial charge in [0.1, 0.15) is 12.8 Å². The van der Waals surface area contributed by atoms with E-state index in [1.165, 1.54) is 47.2 Å². The molecule has 0 amide bonds. The average Bonchev–Trinajstić information content (AvgIpc) is 3.11. The van der Waals surface area contributed by atoms with E-state index >= 15 is 0 Å². The van der Waals surface area contributed by atoms with Gasteiger partial charge in [-0.1, -0.05) is 57.0 Å². The molecular weight excluding hydrogens is 651 g/mol. The topological polar surface area (TPSA) is 46.8 Å². The fourth-order valence-corrected chi connectivity index (χ4v) is 8.92. The number of hydrogen-bond donors (Lipinski definition) is 1. The van der Waals surface area contributed by atoms with Gasteiger partial charge in [0.25, 0.3) is 0 Å². The second-order valence-electron chi connectivity index (χ2n) is 12.2. The number of para-hydroxylation sites is 1. The van der Waals surface area contributed by atoms with Crippen LogP contribution in [0.4, 0.5) is 11.4 Å². The quantitative estimate of drug-likeness (QED) is 0.0792. The summed E-state index contributed by atoms with van der Waals surface area (Å²) in [6.07, 6.45) is 12.7. The van der Waals surface area contributed by atoms with E-state index in [0.29, 0.717) is 11.1 Å². The Labute approximate surface area is 302 Å². The normalized spacial score (nSPS) is 14.2. The fraction of sp³-hybridized carbons (Fsp3) is 0.450. The molecule has 2 aliphatic carbocycles. The molecule has 2 aromatic rings. The first-order valence-electron chi connectivity index (χ1n) is 17.5. The lowest BCUT2D eigenvalue weighted by Crippen LogP contribution is -2.26. The molecule has 1 N–H and O–H groups in total. The van der Waals surface area contributed by atoms with Crippen molar-refractivity contribution in [2.45, 2.75) is 39.5 Å². The SMILES string of the molecule is CCCCN(CCCC)c1ccc(C2=C(O)C(=C3C=CC(=[N+](C)CCSCCSCCSCCN(C)c4ccccc4)C=C3)C2=O)cc1. The lowest BCUT2D eigenvalue weighted by atomic mass is 9.80. The van der Waals surface area contributed by atoms with Crippen molar-refractivity contribution in [2.75, 3.05) is 84.6 Å². The predicted molar refractivity (Wildman–Crippen MR) is 216 cm³/mol. The molecule has 8 heteroatoms. The van der Waals surface area contributed by atoms with E-state index in [1.54, 1.807) is 0 Å². The summed E-state index contributed by atoms with van der Waals surface area (Å²) in [4.78, 5) is 18.0.